The third-order valence-electron chi connectivity index (χ3n) is 3.98. The summed E-state index contributed by atoms with van der Waals surface area (Å²) in [4.78, 5) is 9.69. The van der Waals surface area contributed by atoms with Crippen LogP contribution in [0.5, 0.6) is 0 Å². The van der Waals surface area contributed by atoms with Crippen molar-refractivity contribution in [3.63, 3.8) is 0 Å². The molecular formula is C21H12BrN3. The molecule has 1 heterocycles. The van der Waals surface area contributed by atoms with Crippen LogP contribution in [0.3, 0.4) is 0 Å². The Labute approximate surface area is 153 Å². The molecule has 0 unspecified atom stereocenters. The minimum atomic E-state index is 0.627. The number of aromatic nitrogens is 2. The zero-order valence-corrected chi connectivity index (χ0v) is 14.7. The quantitative estimate of drug-likeness (QED) is 0.451. The standard InChI is InChI=1S/C21H12BrN3/c22-17-11-9-16(10-12-17)21-20(15-7-5-14(13-23)6-8-15)24-18-3-1-2-4-19(18)25-21/h1-12H. The Bertz CT molecular complexity index is 1090. The first-order valence-electron chi connectivity index (χ1n) is 7.78. The van der Waals surface area contributed by atoms with Crippen molar-refractivity contribution in [2.45, 2.75) is 0 Å². The van der Waals surface area contributed by atoms with E-state index in [1.54, 1.807) is 12.1 Å². The lowest BCUT2D eigenvalue weighted by Gasteiger charge is -2.11. The SMILES string of the molecule is N#Cc1ccc(-c2nc3ccccc3nc2-c2ccc(Br)cc2)cc1. The highest BCUT2D eigenvalue weighted by atomic mass is 79.9. The maximum Gasteiger partial charge on any atom is 0.0991 e. The van der Waals surface area contributed by atoms with Gasteiger partial charge in [0.2, 0.25) is 0 Å². The van der Waals surface area contributed by atoms with E-state index in [-0.39, 0.29) is 0 Å². The van der Waals surface area contributed by atoms with Crippen LogP contribution in [0.25, 0.3) is 33.5 Å². The molecule has 0 saturated heterocycles. The average molecular weight is 386 g/mol. The fraction of sp³-hybridized carbons (Fsp3) is 0. The van der Waals surface area contributed by atoms with Crippen molar-refractivity contribution in [1.82, 2.24) is 9.97 Å². The lowest BCUT2D eigenvalue weighted by atomic mass is 10.0. The Morgan fingerprint density at radius 2 is 1.16 bits per heavy atom. The number of nitrogens with zero attached hydrogens (tertiary/aromatic N) is 3. The third kappa shape index (κ3) is 3.02. The van der Waals surface area contributed by atoms with E-state index in [4.69, 9.17) is 15.2 Å². The van der Waals surface area contributed by atoms with Gasteiger partial charge >= 0.3 is 0 Å². The second-order valence-electron chi connectivity index (χ2n) is 5.61. The lowest BCUT2D eigenvalue weighted by Crippen LogP contribution is -1.95. The van der Waals surface area contributed by atoms with Crippen molar-refractivity contribution in [2.75, 3.05) is 0 Å². The molecule has 4 aromatic rings. The maximum absolute atomic E-state index is 9.02. The fourth-order valence-electron chi connectivity index (χ4n) is 2.71. The van der Waals surface area contributed by atoms with Crippen molar-refractivity contribution >= 4 is 27.0 Å². The van der Waals surface area contributed by atoms with Gasteiger partial charge in [-0.3, -0.25) is 0 Å². The van der Waals surface area contributed by atoms with Crippen molar-refractivity contribution in [3.05, 3.63) is 82.8 Å². The zero-order valence-electron chi connectivity index (χ0n) is 13.1. The van der Waals surface area contributed by atoms with E-state index in [0.717, 1.165) is 38.0 Å². The average Bonchev–Trinajstić information content (AvgIpc) is 2.68. The molecule has 0 spiro atoms. The summed E-state index contributed by atoms with van der Waals surface area (Å²) in [6.07, 6.45) is 0. The molecule has 0 aliphatic heterocycles. The van der Waals surface area contributed by atoms with Gasteiger partial charge in [-0.05, 0) is 36.4 Å². The van der Waals surface area contributed by atoms with Crippen LogP contribution >= 0.6 is 15.9 Å². The second kappa shape index (κ2) is 6.46. The van der Waals surface area contributed by atoms with Gasteiger partial charge in [0.25, 0.3) is 0 Å². The Hall–Kier alpha value is -3.03. The minimum absolute atomic E-state index is 0.627. The zero-order chi connectivity index (χ0) is 17.2. The van der Waals surface area contributed by atoms with Crippen molar-refractivity contribution < 1.29 is 0 Å². The molecule has 3 nitrogen and oxygen atoms in total. The summed E-state index contributed by atoms with van der Waals surface area (Å²) < 4.78 is 1.02. The molecule has 3 aromatic carbocycles. The normalized spacial score (nSPS) is 10.6. The number of para-hydroxylation sites is 2. The van der Waals surface area contributed by atoms with Crippen LogP contribution in [0.15, 0.2) is 77.3 Å². The summed E-state index contributed by atoms with van der Waals surface area (Å²) in [5.41, 5.74) is 5.92. The van der Waals surface area contributed by atoms with Gasteiger partial charge in [0.1, 0.15) is 0 Å². The van der Waals surface area contributed by atoms with Gasteiger partial charge < -0.3 is 0 Å². The molecule has 0 atom stereocenters. The first-order valence-corrected chi connectivity index (χ1v) is 8.57. The third-order valence-corrected chi connectivity index (χ3v) is 4.50. The highest BCUT2D eigenvalue weighted by Crippen LogP contribution is 2.31. The Morgan fingerprint density at radius 1 is 0.680 bits per heavy atom. The Kier molecular flexibility index (Phi) is 4.01. The molecule has 118 valence electrons. The molecule has 0 aliphatic carbocycles. The smallest absolute Gasteiger partial charge is 0.0991 e. The molecule has 0 aliphatic rings. The van der Waals surface area contributed by atoms with E-state index in [1.807, 2.05) is 60.7 Å². The molecule has 0 bridgehead atoms. The monoisotopic (exact) mass is 385 g/mol. The topological polar surface area (TPSA) is 49.6 Å². The van der Waals surface area contributed by atoms with Crippen LogP contribution in [0, 0.1) is 11.3 Å². The van der Waals surface area contributed by atoms with Gasteiger partial charge in [-0.15, -0.1) is 0 Å². The number of hydrogen-bond donors (Lipinski definition) is 0. The van der Waals surface area contributed by atoms with Crippen molar-refractivity contribution in [2.24, 2.45) is 0 Å². The van der Waals surface area contributed by atoms with E-state index in [2.05, 4.69) is 22.0 Å². The highest BCUT2D eigenvalue weighted by molar-refractivity contribution is 9.10. The van der Waals surface area contributed by atoms with E-state index in [1.165, 1.54) is 0 Å². The summed E-state index contributed by atoms with van der Waals surface area (Å²) in [6, 6.07) is 25.5. The first-order chi connectivity index (χ1) is 12.2. The van der Waals surface area contributed by atoms with Gasteiger partial charge in [0, 0.05) is 15.6 Å². The molecule has 4 heteroatoms. The Morgan fingerprint density at radius 3 is 1.64 bits per heavy atom. The number of halogens is 1. The molecule has 0 saturated carbocycles. The maximum atomic E-state index is 9.02. The van der Waals surface area contributed by atoms with Crippen molar-refractivity contribution in [3.8, 4) is 28.6 Å². The summed E-state index contributed by atoms with van der Waals surface area (Å²) in [6.45, 7) is 0. The first kappa shape index (κ1) is 15.5. The van der Waals surface area contributed by atoms with Gasteiger partial charge in [0.05, 0.1) is 34.1 Å². The van der Waals surface area contributed by atoms with Gasteiger partial charge in [-0.1, -0.05) is 52.3 Å². The van der Waals surface area contributed by atoms with E-state index in [9.17, 15) is 0 Å². The van der Waals surface area contributed by atoms with Crippen LogP contribution < -0.4 is 0 Å². The molecule has 1 aromatic heterocycles. The van der Waals surface area contributed by atoms with Gasteiger partial charge in [-0.2, -0.15) is 5.26 Å². The lowest BCUT2D eigenvalue weighted by molar-refractivity contribution is 1.29. The van der Waals surface area contributed by atoms with Gasteiger partial charge in [0.15, 0.2) is 0 Å². The van der Waals surface area contributed by atoms with E-state index < -0.39 is 0 Å². The van der Waals surface area contributed by atoms with Crippen LogP contribution in [-0.4, -0.2) is 9.97 Å². The van der Waals surface area contributed by atoms with Crippen LogP contribution in [0.4, 0.5) is 0 Å². The summed E-state index contributed by atoms with van der Waals surface area (Å²) in [5.74, 6) is 0. The molecular weight excluding hydrogens is 374 g/mol. The van der Waals surface area contributed by atoms with Crippen molar-refractivity contribution in [1.29, 1.82) is 5.26 Å². The van der Waals surface area contributed by atoms with Crippen LogP contribution in [-0.2, 0) is 0 Å². The fourth-order valence-corrected chi connectivity index (χ4v) is 2.98. The largest absolute Gasteiger partial charge is 0.244 e. The molecule has 25 heavy (non-hydrogen) atoms. The number of hydrogen-bond acceptors (Lipinski definition) is 3. The van der Waals surface area contributed by atoms with E-state index in [0.29, 0.717) is 5.56 Å². The summed E-state index contributed by atoms with van der Waals surface area (Å²) in [7, 11) is 0. The molecule has 0 fully saturated rings. The molecule has 0 N–H and O–H groups in total. The molecule has 0 radical (unpaired) electrons. The summed E-state index contributed by atoms with van der Waals surface area (Å²) >= 11 is 3.47. The number of benzene rings is 3. The highest BCUT2D eigenvalue weighted by Gasteiger charge is 2.13. The predicted molar refractivity (Wildman–Crippen MR) is 103 cm³/mol. The molecule has 4 rings (SSSR count). The number of nitriles is 1. The van der Waals surface area contributed by atoms with Crippen LogP contribution in [0.2, 0.25) is 0 Å². The number of rotatable bonds is 2. The minimum Gasteiger partial charge on any atom is -0.244 e. The Balaban J connectivity index is 1.98. The summed E-state index contributed by atoms with van der Waals surface area (Å²) in [5, 5.41) is 9.02. The van der Waals surface area contributed by atoms with Gasteiger partial charge in [-0.25, -0.2) is 9.97 Å². The van der Waals surface area contributed by atoms with Crippen LogP contribution in [0.1, 0.15) is 5.56 Å². The molecule has 0 amide bonds. The van der Waals surface area contributed by atoms with E-state index >= 15 is 0 Å². The predicted octanol–water partition coefficient (Wildman–Crippen LogP) is 5.60. The number of fused-ring (bicyclic) bond motifs is 1. The second-order valence-corrected chi connectivity index (χ2v) is 6.52.